The summed E-state index contributed by atoms with van der Waals surface area (Å²) >= 11 is 1.82. The van der Waals surface area contributed by atoms with Crippen molar-refractivity contribution in [1.82, 2.24) is 4.98 Å². The van der Waals surface area contributed by atoms with Crippen LogP contribution in [0, 0.1) is 7.43 Å². The molecule has 0 aliphatic heterocycles. The van der Waals surface area contributed by atoms with E-state index in [-0.39, 0.29) is 7.43 Å². The summed E-state index contributed by atoms with van der Waals surface area (Å²) in [5.41, 5.74) is 7.30. The predicted octanol–water partition coefficient (Wildman–Crippen LogP) is 5.54. The quantitative estimate of drug-likeness (QED) is 0.237. The summed E-state index contributed by atoms with van der Waals surface area (Å²) in [5.74, 6) is 0. The zero-order chi connectivity index (χ0) is 16.1. The van der Waals surface area contributed by atoms with Gasteiger partial charge in [0.05, 0.1) is 17.6 Å². The van der Waals surface area contributed by atoms with E-state index in [1.807, 2.05) is 41.7 Å². The Morgan fingerprint density at radius 1 is 0.917 bits per heavy atom. The van der Waals surface area contributed by atoms with Gasteiger partial charge >= 0.3 is 27.0 Å². The zero-order valence-electron chi connectivity index (χ0n) is 13.3. The molecular formula is C20H17ClN2Ru+. The fourth-order valence-corrected chi connectivity index (χ4v) is 2.80. The molecule has 24 heavy (non-hydrogen) atoms. The maximum atomic E-state index is 4.57. The second kappa shape index (κ2) is 8.87. The Morgan fingerprint density at radius 3 is 2.46 bits per heavy atom. The van der Waals surface area contributed by atoms with Crippen molar-refractivity contribution >= 4 is 21.6 Å². The van der Waals surface area contributed by atoms with Crippen LogP contribution in [0.5, 0.6) is 0 Å². The number of nitrogens with zero attached hydrogens (tertiary/aromatic N) is 2. The molecule has 121 valence electrons. The maximum absolute atomic E-state index is 4.57. The molecule has 0 fully saturated rings. The zero-order valence-corrected chi connectivity index (χ0v) is 15.8. The van der Waals surface area contributed by atoms with Gasteiger partial charge in [-0.25, -0.2) is 0 Å². The number of aliphatic imine (C=N–C) groups is 1. The van der Waals surface area contributed by atoms with Crippen LogP contribution in [0.15, 0.2) is 71.9 Å². The van der Waals surface area contributed by atoms with Gasteiger partial charge in [0.25, 0.3) is 0 Å². The van der Waals surface area contributed by atoms with Gasteiger partial charge in [-0.05, 0) is 52.9 Å². The van der Waals surface area contributed by atoms with Crippen LogP contribution in [0.1, 0.15) is 16.8 Å². The summed E-state index contributed by atoms with van der Waals surface area (Å²) in [5, 5.41) is 0. The molecule has 4 heteroatoms. The van der Waals surface area contributed by atoms with Crippen molar-refractivity contribution in [1.29, 1.82) is 0 Å². The Bertz CT molecular complexity index is 832. The van der Waals surface area contributed by atoms with Crippen molar-refractivity contribution in [2.45, 2.75) is 6.42 Å². The molecule has 3 aromatic rings. The third kappa shape index (κ3) is 3.98. The second-order valence-electron chi connectivity index (χ2n) is 5.19. The molecule has 0 unspecified atom stereocenters. The minimum absolute atomic E-state index is 0. The summed E-state index contributed by atoms with van der Waals surface area (Å²) in [6.07, 6.45) is 4.59. The molecule has 1 aromatic heterocycles. The van der Waals surface area contributed by atoms with Crippen LogP contribution in [0.4, 0.5) is 5.69 Å². The number of halogens is 1. The van der Waals surface area contributed by atoms with E-state index in [4.69, 9.17) is 0 Å². The van der Waals surface area contributed by atoms with Crippen molar-refractivity contribution in [2.24, 2.45) is 4.99 Å². The predicted molar refractivity (Wildman–Crippen MR) is 98.4 cm³/mol. The molecule has 0 saturated heterocycles. The third-order valence-corrected chi connectivity index (χ3v) is 3.81. The first-order chi connectivity index (χ1) is 11.4. The van der Waals surface area contributed by atoms with Crippen LogP contribution in [-0.2, 0) is 23.7 Å². The first-order valence-electron chi connectivity index (χ1n) is 7.20. The van der Waals surface area contributed by atoms with E-state index >= 15 is 0 Å². The van der Waals surface area contributed by atoms with E-state index in [0.29, 0.717) is 0 Å². The number of rotatable bonds is 2. The van der Waals surface area contributed by atoms with Crippen molar-refractivity contribution < 1.29 is 17.3 Å². The van der Waals surface area contributed by atoms with Crippen LogP contribution in [-0.4, -0.2) is 11.2 Å². The number of aromatic nitrogens is 1. The van der Waals surface area contributed by atoms with Gasteiger partial charge in [-0.15, -0.1) is 0 Å². The molecule has 2 nitrogen and oxygen atoms in total. The van der Waals surface area contributed by atoms with E-state index < -0.39 is 0 Å². The Kier molecular flexibility index (Phi) is 6.84. The Labute approximate surface area is 157 Å². The van der Waals surface area contributed by atoms with Crippen LogP contribution in [0.2, 0.25) is 0 Å². The van der Waals surface area contributed by atoms with Crippen LogP contribution in [0.3, 0.4) is 0 Å². The average Bonchev–Trinajstić information content (AvgIpc) is 3.00. The number of benzene rings is 2. The summed E-state index contributed by atoms with van der Waals surface area (Å²) in [6, 6.07) is 20.8. The molecule has 2 aromatic carbocycles. The van der Waals surface area contributed by atoms with Crippen LogP contribution < -0.4 is 0 Å². The monoisotopic (exact) mass is 422 g/mol. The van der Waals surface area contributed by atoms with Gasteiger partial charge in [-0.2, -0.15) is 0 Å². The first-order valence-corrected chi connectivity index (χ1v) is 9.44. The van der Waals surface area contributed by atoms with Crippen molar-refractivity contribution in [3.05, 3.63) is 91.1 Å². The van der Waals surface area contributed by atoms with Crippen molar-refractivity contribution in [2.75, 3.05) is 0 Å². The molecule has 1 heterocycles. The molecule has 0 atom stereocenters. The molecular weight excluding hydrogens is 405 g/mol. The Morgan fingerprint density at radius 2 is 1.67 bits per heavy atom. The van der Waals surface area contributed by atoms with Gasteiger partial charge in [-0.1, -0.05) is 36.4 Å². The second-order valence-corrected chi connectivity index (χ2v) is 5.19. The summed E-state index contributed by atoms with van der Waals surface area (Å²) in [6.45, 7) is 0. The molecule has 0 radical (unpaired) electrons. The average molecular weight is 422 g/mol. The number of fused-ring (bicyclic) bond motifs is 3. The van der Waals surface area contributed by atoms with Gasteiger partial charge in [-0.3, -0.25) is 9.98 Å². The summed E-state index contributed by atoms with van der Waals surface area (Å²) < 4.78 is 0. The molecule has 0 saturated carbocycles. The number of hydrogen-bond donors (Lipinski definition) is 0. The van der Waals surface area contributed by atoms with Crippen molar-refractivity contribution in [3.63, 3.8) is 0 Å². The van der Waals surface area contributed by atoms with Gasteiger partial charge in [0, 0.05) is 6.20 Å². The van der Waals surface area contributed by atoms with Gasteiger partial charge < -0.3 is 7.43 Å². The van der Waals surface area contributed by atoms with E-state index in [1.54, 1.807) is 6.20 Å². The standard InChI is InChI=1S/C19H14N2.CH3.ClH.Ru/c1-2-7-18-14(5-1)11-15-12-16(8-9-19(15)18)21-13-17-6-3-4-10-20-17;;;/h1-10,12-13H,11H2;1H3;1H;/q;-1;;+3/p-1. The van der Waals surface area contributed by atoms with E-state index in [0.717, 1.165) is 17.8 Å². The Hall–Kier alpha value is -1.83. The van der Waals surface area contributed by atoms with Crippen LogP contribution in [0.25, 0.3) is 11.1 Å². The van der Waals surface area contributed by atoms with E-state index in [1.165, 1.54) is 22.3 Å². The van der Waals surface area contributed by atoms with Crippen molar-refractivity contribution in [3.8, 4) is 11.1 Å². The molecule has 0 bridgehead atoms. The molecule has 0 amide bonds. The van der Waals surface area contributed by atoms with E-state index in [2.05, 4.69) is 62.1 Å². The Balaban J connectivity index is 0.000000670. The third-order valence-electron chi connectivity index (χ3n) is 3.81. The normalized spacial score (nSPS) is 11.0. The van der Waals surface area contributed by atoms with Gasteiger partial charge in [0.2, 0.25) is 0 Å². The molecule has 0 spiro atoms. The fraction of sp³-hybridized carbons (Fsp3) is 0.0500. The SMILES string of the molecule is C(=Nc1ccc2c(c1)Cc1ccccc1-2)c1ccccn1.[CH3-].[Cl][Ru+2]. The van der Waals surface area contributed by atoms with Gasteiger partial charge in [0.15, 0.2) is 0 Å². The summed E-state index contributed by atoms with van der Waals surface area (Å²) in [4.78, 5) is 8.78. The first kappa shape index (κ1) is 18.5. The number of pyridine rings is 1. The fourth-order valence-electron chi connectivity index (χ4n) is 2.80. The molecule has 1 aliphatic rings. The van der Waals surface area contributed by atoms with E-state index in [9.17, 15) is 0 Å². The minimum atomic E-state index is 0. The van der Waals surface area contributed by atoms with Crippen LogP contribution >= 0.6 is 9.69 Å². The topological polar surface area (TPSA) is 25.2 Å². The molecule has 4 rings (SSSR count). The summed E-state index contributed by atoms with van der Waals surface area (Å²) in [7, 11) is 4.57. The molecule has 1 aliphatic carbocycles. The number of hydrogen-bond acceptors (Lipinski definition) is 2. The molecule has 0 N–H and O–H groups in total. The van der Waals surface area contributed by atoms with Gasteiger partial charge in [0.1, 0.15) is 0 Å².